The molecule has 0 spiro atoms. The molecule has 2 rings (SSSR count). The first-order valence-corrected chi connectivity index (χ1v) is 7.87. The van der Waals surface area contributed by atoms with Gasteiger partial charge in [0.05, 0.1) is 6.04 Å². The maximum absolute atomic E-state index is 12.2. The summed E-state index contributed by atoms with van der Waals surface area (Å²) >= 11 is 0. The molecule has 0 radical (unpaired) electrons. The van der Waals surface area contributed by atoms with Crippen LogP contribution < -0.4 is 5.32 Å². The number of likely N-dealkylation sites (tertiary alicyclic amines) is 2. The smallest absolute Gasteiger partial charge is 0.239 e. The SMILES string of the molecule is CC(NC1CCN(C(C)C)CC1)C(=O)N1CCCC1. The fourth-order valence-corrected chi connectivity index (χ4v) is 3.22. The van der Waals surface area contributed by atoms with Gasteiger partial charge in [-0.05, 0) is 59.5 Å². The lowest BCUT2D eigenvalue weighted by molar-refractivity contribution is -0.132. The second-order valence-electron chi connectivity index (χ2n) is 6.32. The Kier molecular flexibility index (Phi) is 5.22. The third kappa shape index (κ3) is 3.93. The minimum absolute atomic E-state index is 0.0197. The van der Waals surface area contributed by atoms with Gasteiger partial charge in [0, 0.05) is 25.2 Å². The Morgan fingerprint density at radius 2 is 1.63 bits per heavy atom. The van der Waals surface area contributed by atoms with E-state index >= 15 is 0 Å². The first kappa shape index (κ1) is 14.8. The Morgan fingerprint density at radius 1 is 1.05 bits per heavy atom. The van der Waals surface area contributed by atoms with E-state index in [1.807, 2.05) is 11.8 Å². The number of rotatable bonds is 4. The van der Waals surface area contributed by atoms with E-state index in [9.17, 15) is 4.79 Å². The Morgan fingerprint density at radius 3 is 2.16 bits per heavy atom. The molecule has 110 valence electrons. The minimum Gasteiger partial charge on any atom is -0.341 e. The molecule has 2 aliphatic heterocycles. The summed E-state index contributed by atoms with van der Waals surface area (Å²) in [5.74, 6) is 0.295. The molecule has 2 aliphatic rings. The van der Waals surface area contributed by atoms with Gasteiger partial charge in [-0.3, -0.25) is 4.79 Å². The molecule has 4 nitrogen and oxygen atoms in total. The molecule has 4 heteroatoms. The van der Waals surface area contributed by atoms with Crippen LogP contribution in [0.3, 0.4) is 0 Å². The summed E-state index contributed by atoms with van der Waals surface area (Å²) in [5, 5.41) is 3.54. The largest absolute Gasteiger partial charge is 0.341 e. The van der Waals surface area contributed by atoms with Gasteiger partial charge in [-0.2, -0.15) is 0 Å². The Hall–Kier alpha value is -0.610. The second kappa shape index (κ2) is 6.71. The zero-order valence-corrected chi connectivity index (χ0v) is 12.7. The van der Waals surface area contributed by atoms with Gasteiger partial charge in [0.15, 0.2) is 0 Å². The van der Waals surface area contributed by atoms with E-state index in [1.54, 1.807) is 0 Å². The van der Waals surface area contributed by atoms with Crippen molar-refractivity contribution >= 4 is 5.91 Å². The molecule has 1 N–H and O–H groups in total. The van der Waals surface area contributed by atoms with Crippen LogP contribution in [0.5, 0.6) is 0 Å². The normalized spacial score (nSPS) is 24.1. The topological polar surface area (TPSA) is 35.6 Å². The van der Waals surface area contributed by atoms with Crippen LogP contribution in [-0.2, 0) is 4.79 Å². The fourth-order valence-electron chi connectivity index (χ4n) is 3.22. The highest BCUT2D eigenvalue weighted by Gasteiger charge is 2.27. The molecule has 1 unspecified atom stereocenters. The zero-order valence-electron chi connectivity index (χ0n) is 12.7. The van der Waals surface area contributed by atoms with E-state index in [2.05, 4.69) is 24.1 Å². The van der Waals surface area contributed by atoms with Gasteiger partial charge < -0.3 is 15.1 Å². The highest BCUT2D eigenvalue weighted by atomic mass is 16.2. The van der Waals surface area contributed by atoms with Crippen molar-refractivity contribution in [3.05, 3.63) is 0 Å². The lowest BCUT2D eigenvalue weighted by Crippen LogP contribution is -2.51. The third-order valence-corrected chi connectivity index (χ3v) is 4.53. The number of piperidine rings is 1. The standard InChI is InChI=1S/C15H29N3O/c1-12(2)17-10-6-14(7-11-17)16-13(3)15(19)18-8-4-5-9-18/h12-14,16H,4-11H2,1-3H3. The van der Waals surface area contributed by atoms with E-state index in [0.29, 0.717) is 18.0 Å². The molecule has 1 atom stereocenters. The Bertz CT molecular complexity index is 292. The quantitative estimate of drug-likeness (QED) is 0.837. The van der Waals surface area contributed by atoms with Crippen LogP contribution in [0.1, 0.15) is 46.5 Å². The summed E-state index contributed by atoms with van der Waals surface area (Å²) in [6.45, 7) is 10.8. The summed E-state index contributed by atoms with van der Waals surface area (Å²) in [4.78, 5) is 16.8. The van der Waals surface area contributed by atoms with Gasteiger partial charge >= 0.3 is 0 Å². The Balaban J connectivity index is 1.74. The van der Waals surface area contributed by atoms with Gasteiger partial charge in [-0.1, -0.05) is 0 Å². The summed E-state index contributed by atoms with van der Waals surface area (Å²) in [5.41, 5.74) is 0. The van der Waals surface area contributed by atoms with Crippen molar-refractivity contribution in [1.29, 1.82) is 0 Å². The maximum atomic E-state index is 12.2. The summed E-state index contributed by atoms with van der Waals surface area (Å²) < 4.78 is 0. The molecule has 2 fully saturated rings. The number of hydrogen-bond acceptors (Lipinski definition) is 3. The average Bonchev–Trinajstić information content (AvgIpc) is 2.92. The van der Waals surface area contributed by atoms with Crippen LogP contribution in [0.4, 0.5) is 0 Å². The summed E-state index contributed by atoms with van der Waals surface area (Å²) in [6.07, 6.45) is 4.67. The van der Waals surface area contributed by atoms with E-state index in [4.69, 9.17) is 0 Å². The van der Waals surface area contributed by atoms with Crippen molar-refractivity contribution in [2.24, 2.45) is 0 Å². The molecule has 0 saturated carbocycles. The number of carbonyl (C=O) groups excluding carboxylic acids is 1. The lowest BCUT2D eigenvalue weighted by Gasteiger charge is -2.36. The number of carbonyl (C=O) groups is 1. The van der Waals surface area contributed by atoms with Crippen LogP contribution in [0, 0.1) is 0 Å². The van der Waals surface area contributed by atoms with Crippen LogP contribution in [0.25, 0.3) is 0 Å². The van der Waals surface area contributed by atoms with Crippen LogP contribution in [-0.4, -0.2) is 60.0 Å². The number of hydrogen-bond donors (Lipinski definition) is 1. The van der Waals surface area contributed by atoms with Crippen LogP contribution in [0.15, 0.2) is 0 Å². The molecule has 0 aromatic rings. The fraction of sp³-hybridized carbons (Fsp3) is 0.933. The molecule has 2 saturated heterocycles. The van der Waals surface area contributed by atoms with E-state index < -0.39 is 0 Å². The maximum Gasteiger partial charge on any atom is 0.239 e. The molecule has 1 amide bonds. The highest BCUT2D eigenvalue weighted by Crippen LogP contribution is 2.15. The van der Waals surface area contributed by atoms with Gasteiger partial charge in [0.2, 0.25) is 5.91 Å². The van der Waals surface area contributed by atoms with Crippen molar-refractivity contribution < 1.29 is 4.79 Å². The first-order chi connectivity index (χ1) is 9.08. The predicted octanol–water partition coefficient (Wildman–Crippen LogP) is 1.46. The van der Waals surface area contributed by atoms with Crippen LogP contribution >= 0.6 is 0 Å². The van der Waals surface area contributed by atoms with Crippen molar-refractivity contribution in [1.82, 2.24) is 15.1 Å². The van der Waals surface area contributed by atoms with Gasteiger partial charge in [0.1, 0.15) is 0 Å². The first-order valence-electron chi connectivity index (χ1n) is 7.87. The molecule has 2 heterocycles. The van der Waals surface area contributed by atoms with Crippen LogP contribution in [0.2, 0.25) is 0 Å². The van der Waals surface area contributed by atoms with Gasteiger partial charge in [-0.25, -0.2) is 0 Å². The molecular weight excluding hydrogens is 238 g/mol. The molecule has 19 heavy (non-hydrogen) atoms. The predicted molar refractivity (Wildman–Crippen MR) is 78.1 cm³/mol. The van der Waals surface area contributed by atoms with Crippen molar-refractivity contribution in [3.63, 3.8) is 0 Å². The highest BCUT2D eigenvalue weighted by molar-refractivity contribution is 5.81. The van der Waals surface area contributed by atoms with Gasteiger partial charge in [-0.15, -0.1) is 0 Å². The molecular formula is C15H29N3O. The van der Waals surface area contributed by atoms with Crippen molar-refractivity contribution in [2.75, 3.05) is 26.2 Å². The lowest BCUT2D eigenvalue weighted by atomic mass is 10.0. The number of amides is 1. The van der Waals surface area contributed by atoms with E-state index in [1.165, 1.54) is 12.8 Å². The number of nitrogens with zero attached hydrogens (tertiary/aromatic N) is 2. The molecule has 0 aliphatic carbocycles. The third-order valence-electron chi connectivity index (χ3n) is 4.53. The molecule has 0 aromatic heterocycles. The summed E-state index contributed by atoms with van der Waals surface area (Å²) in [7, 11) is 0. The van der Waals surface area contributed by atoms with E-state index in [0.717, 1.165) is 39.0 Å². The summed E-state index contributed by atoms with van der Waals surface area (Å²) in [6, 6.07) is 1.13. The van der Waals surface area contributed by atoms with Gasteiger partial charge in [0.25, 0.3) is 0 Å². The molecule has 0 aromatic carbocycles. The number of nitrogens with one attached hydrogen (secondary N) is 1. The van der Waals surface area contributed by atoms with E-state index in [-0.39, 0.29) is 6.04 Å². The monoisotopic (exact) mass is 267 g/mol. The zero-order chi connectivity index (χ0) is 13.8. The minimum atomic E-state index is -0.0197. The molecule has 0 bridgehead atoms. The van der Waals surface area contributed by atoms with Crippen molar-refractivity contribution in [2.45, 2.75) is 64.6 Å². The van der Waals surface area contributed by atoms with Crippen molar-refractivity contribution in [3.8, 4) is 0 Å². The Labute approximate surface area is 117 Å². The average molecular weight is 267 g/mol. The second-order valence-corrected chi connectivity index (χ2v) is 6.32.